The van der Waals surface area contributed by atoms with E-state index >= 15 is 0 Å². The molecule has 0 radical (unpaired) electrons. The normalized spacial score (nSPS) is 13.5. The van der Waals surface area contributed by atoms with Crippen LogP contribution >= 0.6 is 0 Å². The number of aromatic nitrogens is 5. The van der Waals surface area contributed by atoms with E-state index in [2.05, 4.69) is 25.2 Å². The first-order valence-electron chi connectivity index (χ1n) is 13.0. The molecule has 0 atom stereocenters. The Morgan fingerprint density at radius 2 is 1.54 bits per heavy atom. The van der Waals surface area contributed by atoms with Crippen LogP contribution in [0, 0.1) is 5.82 Å². The molecular formula is C27H30FN7O4. The van der Waals surface area contributed by atoms with Gasteiger partial charge in [-0.05, 0) is 57.2 Å². The van der Waals surface area contributed by atoms with Gasteiger partial charge in [0.1, 0.15) is 12.1 Å². The lowest BCUT2D eigenvalue weighted by Crippen LogP contribution is -2.49. The Hall–Kier alpha value is -4.48. The number of fused-ring (bicyclic) bond motifs is 1. The maximum Gasteiger partial charge on any atom is 0.254 e. The molecule has 0 aliphatic carbocycles. The van der Waals surface area contributed by atoms with E-state index in [0.29, 0.717) is 91.5 Å². The van der Waals surface area contributed by atoms with Crippen LogP contribution in [0.15, 0.2) is 42.7 Å². The van der Waals surface area contributed by atoms with E-state index < -0.39 is 0 Å². The molecule has 0 unspecified atom stereocenters. The standard InChI is InChI=1S/C27H30FN7O4/c1-4-37-21-15-18(16-22(38-5-2)24(21)39-6-3)27(36)34-13-11-33(12-14-34)25-23-26(30-17-29-25)35(32-31-23)20-9-7-19(28)8-10-20/h7-10,15-17H,4-6,11-14H2,1-3H3. The van der Waals surface area contributed by atoms with Gasteiger partial charge in [0, 0.05) is 31.7 Å². The maximum atomic E-state index is 13.5. The fourth-order valence-corrected chi connectivity index (χ4v) is 4.54. The molecule has 0 saturated carbocycles. The number of benzene rings is 2. The largest absolute Gasteiger partial charge is 0.490 e. The number of anilines is 1. The molecule has 0 N–H and O–H groups in total. The number of carbonyl (C=O) groups excluding carboxylic acids is 1. The second-order valence-electron chi connectivity index (χ2n) is 8.73. The third kappa shape index (κ3) is 5.27. The van der Waals surface area contributed by atoms with Crippen molar-refractivity contribution in [1.29, 1.82) is 0 Å². The van der Waals surface area contributed by atoms with Crippen LogP contribution in [-0.2, 0) is 0 Å². The van der Waals surface area contributed by atoms with Gasteiger partial charge in [0.05, 0.1) is 25.5 Å². The van der Waals surface area contributed by atoms with Crippen LogP contribution in [0.25, 0.3) is 16.9 Å². The number of hydrogen-bond donors (Lipinski definition) is 0. The number of amides is 1. The minimum Gasteiger partial charge on any atom is -0.490 e. The van der Waals surface area contributed by atoms with Crippen molar-refractivity contribution < 1.29 is 23.4 Å². The minimum absolute atomic E-state index is 0.116. The van der Waals surface area contributed by atoms with Gasteiger partial charge >= 0.3 is 0 Å². The van der Waals surface area contributed by atoms with Crippen LogP contribution in [0.5, 0.6) is 17.2 Å². The molecule has 2 aromatic heterocycles. The zero-order valence-electron chi connectivity index (χ0n) is 22.1. The first-order valence-corrected chi connectivity index (χ1v) is 13.0. The van der Waals surface area contributed by atoms with Crippen molar-refractivity contribution in [2.24, 2.45) is 0 Å². The van der Waals surface area contributed by atoms with Gasteiger partial charge in [-0.15, -0.1) is 5.10 Å². The highest BCUT2D eigenvalue weighted by molar-refractivity contribution is 5.96. The predicted molar refractivity (Wildman–Crippen MR) is 142 cm³/mol. The highest BCUT2D eigenvalue weighted by Gasteiger charge is 2.27. The van der Waals surface area contributed by atoms with Gasteiger partial charge in [0.25, 0.3) is 5.91 Å². The van der Waals surface area contributed by atoms with Crippen molar-refractivity contribution in [2.75, 3.05) is 50.9 Å². The highest BCUT2D eigenvalue weighted by atomic mass is 19.1. The van der Waals surface area contributed by atoms with Gasteiger partial charge in [-0.2, -0.15) is 4.68 Å². The molecule has 2 aromatic carbocycles. The van der Waals surface area contributed by atoms with Crippen molar-refractivity contribution in [2.45, 2.75) is 20.8 Å². The van der Waals surface area contributed by atoms with Crippen LogP contribution in [0.3, 0.4) is 0 Å². The Bertz CT molecular complexity index is 1430. The molecule has 5 rings (SSSR count). The number of ether oxygens (including phenoxy) is 3. The predicted octanol–water partition coefficient (Wildman–Crippen LogP) is 3.51. The molecule has 0 bridgehead atoms. The Morgan fingerprint density at radius 1 is 0.897 bits per heavy atom. The monoisotopic (exact) mass is 535 g/mol. The van der Waals surface area contributed by atoms with Gasteiger partial charge in [0.15, 0.2) is 28.5 Å². The summed E-state index contributed by atoms with van der Waals surface area (Å²) in [5.41, 5.74) is 2.18. The third-order valence-electron chi connectivity index (χ3n) is 6.31. The zero-order valence-corrected chi connectivity index (χ0v) is 22.1. The molecule has 12 heteroatoms. The van der Waals surface area contributed by atoms with E-state index in [9.17, 15) is 9.18 Å². The molecule has 39 heavy (non-hydrogen) atoms. The van der Waals surface area contributed by atoms with E-state index in [4.69, 9.17) is 14.2 Å². The molecule has 1 aliphatic heterocycles. The lowest BCUT2D eigenvalue weighted by Gasteiger charge is -2.35. The molecule has 11 nitrogen and oxygen atoms in total. The first-order chi connectivity index (χ1) is 19.0. The van der Waals surface area contributed by atoms with Crippen molar-refractivity contribution in [3.05, 3.63) is 54.1 Å². The number of hydrogen-bond acceptors (Lipinski definition) is 9. The fraction of sp³-hybridized carbons (Fsp3) is 0.370. The SMILES string of the molecule is CCOc1cc(C(=O)N2CCN(c3ncnc4c3nnn4-c3ccc(F)cc3)CC2)cc(OCC)c1OCC. The fourth-order valence-electron chi connectivity index (χ4n) is 4.54. The second-order valence-corrected chi connectivity index (χ2v) is 8.73. The van der Waals surface area contributed by atoms with Crippen LogP contribution in [0.4, 0.5) is 10.2 Å². The third-order valence-corrected chi connectivity index (χ3v) is 6.31. The van der Waals surface area contributed by atoms with Crippen molar-refractivity contribution in [3.8, 4) is 22.9 Å². The Morgan fingerprint density at radius 3 is 2.15 bits per heavy atom. The Balaban J connectivity index is 1.34. The number of rotatable bonds is 9. The van der Waals surface area contributed by atoms with Gasteiger partial charge in [-0.1, -0.05) is 5.21 Å². The summed E-state index contributed by atoms with van der Waals surface area (Å²) in [5, 5.41) is 8.52. The summed E-state index contributed by atoms with van der Waals surface area (Å²) in [6, 6.07) is 9.39. The van der Waals surface area contributed by atoms with E-state index in [1.54, 1.807) is 33.8 Å². The lowest BCUT2D eigenvalue weighted by molar-refractivity contribution is 0.0745. The molecule has 0 spiro atoms. The average Bonchev–Trinajstić information content (AvgIpc) is 3.39. The summed E-state index contributed by atoms with van der Waals surface area (Å²) < 4.78 is 32.3. The van der Waals surface area contributed by atoms with Crippen molar-refractivity contribution in [3.63, 3.8) is 0 Å². The van der Waals surface area contributed by atoms with Gasteiger partial charge in [0.2, 0.25) is 5.75 Å². The summed E-state index contributed by atoms with van der Waals surface area (Å²) >= 11 is 0. The van der Waals surface area contributed by atoms with E-state index in [1.807, 2.05) is 20.8 Å². The molecular weight excluding hydrogens is 505 g/mol. The quantitative estimate of drug-likeness (QED) is 0.318. The minimum atomic E-state index is -0.334. The lowest BCUT2D eigenvalue weighted by atomic mass is 10.1. The van der Waals surface area contributed by atoms with E-state index in [0.717, 1.165) is 0 Å². The molecule has 1 amide bonds. The summed E-state index contributed by atoms with van der Waals surface area (Å²) in [6.45, 7) is 9.03. The summed E-state index contributed by atoms with van der Waals surface area (Å²) in [7, 11) is 0. The van der Waals surface area contributed by atoms with Crippen LogP contribution < -0.4 is 19.1 Å². The zero-order chi connectivity index (χ0) is 27.4. The average molecular weight is 536 g/mol. The number of piperazine rings is 1. The van der Waals surface area contributed by atoms with Crippen molar-refractivity contribution in [1.82, 2.24) is 29.9 Å². The van der Waals surface area contributed by atoms with Crippen LogP contribution in [0.1, 0.15) is 31.1 Å². The van der Waals surface area contributed by atoms with E-state index in [1.165, 1.54) is 18.5 Å². The van der Waals surface area contributed by atoms with Crippen LogP contribution in [-0.4, -0.2) is 81.8 Å². The summed E-state index contributed by atoms with van der Waals surface area (Å²) in [4.78, 5) is 26.2. The van der Waals surface area contributed by atoms with Crippen molar-refractivity contribution >= 4 is 22.9 Å². The smallest absolute Gasteiger partial charge is 0.254 e. The molecule has 204 valence electrons. The number of halogens is 1. The number of carbonyl (C=O) groups is 1. The topological polar surface area (TPSA) is 108 Å². The Kier molecular flexibility index (Phi) is 7.71. The molecule has 1 saturated heterocycles. The van der Waals surface area contributed by atoms with Gasteiger partial charge in [-0.3, -0.25) is 4.79 Å². The second kappa shape index (κ2) is 11.5. The molecule has 4 aromatic rings. The first kappa shape index (κ1) is 26.1. The highest BCUT2D eigenvalue weighted by Crippen LogP contribution is 2.39. The van der Waals surface area contributed by atoms with Gasteiger partial charge in [-0.25, -0.2) is 14.4 Å². The molecule has 3 heterocycles. The van der Waals surface area contributed by atoms with Crippen LogP contribution in [0.2, 0.25) is 0 Å². The maximum absolute atomic E-state index is 13.5. The Labute approximate surface area is 225 Å². The number of nitrogens with zero attached hydrogens (tertiary/aromatic N) is 7. The summed E-state index contributed by atoms with van der Waals surface area (Å²) in [6.07, 6.45) is 1.46. The van der Waals surface area contributed by atoms with Gasteiger partial charge < -0.3 is 24.0 Å². The summed E-state index contributed by atoms with van der Waals surface area (Å²) in [5.74, 6) is 1.66. The molecule has 1 aliphatic rings. The van der Waals surface area contributed by atoms with E-state index in [-0.39, 0.29) is 11.7 Å². The molecule has 1 fully saturated rings.